The second-order valence-electron chi connectivity index (χ2n) is 10.4. The number of carbonyl (C=O) groups excluding carboxylic acids is 2. The van der Waals surface area contributed by atoms with Crippen LogP contribution in [0, 0.1) is 5.92 Å². The molecule has 0 spiro atoms. The van der Waals surface area contributed by atoms with Gasteiger partial charge < -0.3 is 30.2 Å². The normalized spacial score (nSPS) is 20.1. The molecule has 1 aliphatic heterocycles. The van der Waals surface area contributed by atoms with Gasteiger partial charge in [-0.15, -0.1) is 0 Å². The van der Waals surface area contributed by atoms with Crippen molar-refractivity contribution in [1.29, 1.82) is 0 Å². The lowest BCUT2D eigenvalue weighted by atomic mass is 9.96. The molecule has 2 amide bonds. The Morgan fingerprint density at radius 3 is 2.37 bits per heavy atom. The van der Waals surface area contributed by atoms with Crippen molar-refractivity contribution in [2.75, 3.05) is 33.3 Å². The Balaban J connectivity index is 1.13. The predicted molar refractivity (Wildman–Crippen MR) is 140 cm³/mol. The van der Waals surface area contributed by atoms with Gasteiger partial charge in [0.1, 0.15) is 11.8 Å². The molecule has 1 unspecified atom stereocenters. The first kappa shape index (κ1) is 25.8. The summed E-state index contributed by atoms with van der Waals surface area (Å²) in [6, 6.07) is 14.4. The van der Waals surface area contributed by atoms with Crippen LogP contribution >= 0.6 is 0 Å². The highest BCUT2D eigenvalue weighted by molar-refractivity contribution is 5.89. The number of hydrogen-bond acceptors (Lipinski definition) is 5. The van der Waals surface area contributed by atoms with Gasteiger partial charge in [-0.1, -0.05) is 24.3 Å². The topological polar surface area (TPSA) is 122 Å². The number of quaternary nitrogens is 1. The number of ether oxygens (including phenoxy) is 1. The molecule has 5 rings (SSSR count). The third-order valence-electron chi connectivity index (χ3n) is 7.85. The first-order chi connectivity index (χ1) is 18.4. The lowest BCUT2D eigenvalue weighted by Gasteiger charge is -2.31. The lowest BCUT2D eigenvalue weighted by molar-refractivity contribution is -0.906. The third kappa shape index (κ3) is 5.70. The van der Waals surface area contributed by atoms with Crippen LogP contribution in [0.4, 0.5) is 9.59 Å². The highest BCUT2D eigenvalue weighted by Gasteiger charge is 2.30. The van der Waals surface area contributed by atoms with Gasteiger partial charge in [0.25, 0.3) is 0 Å². The highest BCUT2D eigenvalue weighted by atomic mass is 16.5. The standard InChI is InChI=1S/C28H35N5O5/c1-38-22-10-6-20(7-11-22)23(30-27(35)36)14-17-31-15-12-19(13-16-31)18-29-26(34)33-25-5-3-2-4-24(25)32(28(33)37)21-8-9-21/h2-7,10-11,19,21,23,30H,8-9,12-18H2,1H3,(H,29,34)(H,35,36). The van der Waals surface area contributed by atoms with E-state index in [9.17, 15) is 19.5 Å². The number of nitrogens with one attached hydrogen (secondary N) is 3. The maximum absolute atomic E-state index is 13.0. The average Bonchev–Trinajstić information content (AvgIpc) is 3.72. The number of hydrogen-bond donors (Lipinski definition) is 3. The number of imidazole rings is 1. The van der Waals surface area contributed by atoms with Crippen LogP contribution in [0.1, 0.15) is 49.8 Å². The molecule has 2 aromatic carbocycles. The Morgan fingerprint density at radius 1 is 1.05 bits per heavy atom. The summed E-state index contributed by atoms with van der Waals surface area (Å²) in [4.78, 5) is 38.8. The van der Waals surface area contributed by atoms with Crippen molar-refractivity contribution in [1.82, 2.24) is 19.8 Å². The van der Waals surface area contributed by atoms with Gasteiger partial charge in [0.05, 0.1) is 43.8 Å². The summed E-state index contributed by atoms with van der Waals surface area (Å²) in [5.74, 6) is 1.06. The Kier molecular flexibility index (Phi) is 7.69. The van der Waals surface area contributed by atoms with E-state index in [4.69, 9.17) is 4.74 Å². The van der Waals surface area contributed by atoms with E-state index in [1.807, 2.05) is 48.5 Å². The largest absolute Gasteiger partial charge is 0.530 e. The van der Waals surface area contributed by atoms with Crippen molar-refractivity contribution in [2.24, 2.45) is 5.92 Å². The molecule has 1 saturated carbocycles. The first-order valence-corrected chi connectivity index (χ1v) is 13.4. The number of aromatic nitrogens is 2. The summed E-state index contributed by atoms with van der Waals surface area (Å²) in [5.41, 5.74) is 2.08. The van der Waals surface area contributed by atoms with E-state index < -0.39 is 6.09 Å². The summed E-state index contributed by atoms with van der Waals surface area (Å²) < 4.78 is 8.23. The van der Waals surface area contributed by atoms with E-state index in [1.165, 1.54) is 9.47 Å². The Morgan fingerprint density at radius 2 is 1.74 bits per heavy atom. The Bertz CT molecular complexity index is 1340. The minimum atomic E-state index is -1.28. The van der Waals surface area contributed by atoms with Crippen LogP contribution in [-0.2, 0) is 0 Å². The molecule has 1 aliphatic carbocycles. The van der Waals surface area contributed by atoms with Crippen molar-refractivity contribution in [3.8, 4) is 5.75 Å². The minimum Gasteiger partial charge on any atom is -0.530 e. The van der Waals surface area contributed by atoms with Gasteiger partial charge in [-0.05, 0) is 48.6 Å². The second kappa shape index (κ2) is 11.3. The molecule has 1 saturated heterocycles. The number of benzene rings is 2. The van der Waals surface area contributed by atoms with E-state index >= 15 is 0 Å². The van der Waals surface area contributed by atoms with Crippen LogP contribution < -0.4 is 31.1 Å². The van der Waals surface area contributed by atoms with Crippen LogP contribution in [-0.4, -0.2) is 54.5 Å². The quantitative estimate of drug-likeness (QED) is 0.389. The molecule has 1 aromatic heterocycles. The van der Waals surface area contributed by atoms with E-state index in [-0.39, 0.29) is 23.8 Å². The zero-order chi connectivity index (χ0) is 26.6. The van der Waals surface area contributed by atoms with E-state index in [0.29, 0.717) is 24.4 Å². The zero-order valence-corrected chi connectivity index (χ0v) is 21.7. The van der Waals surface area contributed by atoms with E-state index in [1.54, 1.807) is 11.7 Å². The first-order valence-electron chi connectivity index (χ1n) is 13.4. The number of rotatable bonds is 9. The molecule has 3 aromatic rings. The van der Waals surface area contributed by atoms with Crippen LogP contribution in [0.2, 0.25) is 0 Å². The number of carbonyl (C=O) groups is 2. The molecule has 2 fully saturated rings. The van der Waals surface area contributed by atoms with Gasteiger partial charge in [0.15, 0.2) is 0 Å². The average molecular weight is 522 g/mol. The fourth-order valence-corrected chi connectivity index (χ4v) is 5.55. The summed E-state index contributed by atoms with van der Waals surface area (Å²) in [7, 11) is 1.60. The second-order valence-corrected chi connectivity index (χ2v) is 10.4. The monoisotopic (exact) mass is 521 g/mol. The van der Waals surface area contributed by atoms with Gasteiger partial charge in [0, 0.05) is 31.8 Å². The van der Waals surface area contributed by atoms with Gasteiger partial charge >= 0.3 is 11.7 Å². The molecular weight excluding hydrogens is 486 g/mol. The number of piperidine rings is 1. The Hall–Kier alpha value is -3.79. The fraction of sp³-hybridized carbons (Fsp3) is 0.464. The maximum Gasteiger partial charge on any atom is 0.337 e. The van der Waals surface area contributed by atoms with Gasteiger partial charge in [-0.25, -0.2) is 14.2 Å². The van der Waals surface area contributed by atoms with Gasteiger partial charge in [-0.3, -0.25) is 4.57 Å². The number of carboxylic acid groups (broad SMARTS) is 1. The van der Waals surface area contributed by atoms with Crippen molar-refractivity contribution >= 4 is 23.2 Å². The number of likely N-dealkylation sites (tertiary alicyclic amines) is 1. The van der Waals surface area contributed by atoms with Crippen molar-refractivity contribution in [3.05, 3.63) is 64.6 Å². The summed E-state index contributed by atoms with van der Waals surface area (Å²) >= 11 is 0. The third-order valence-corrected chi connectivity index (χ3v) is 7.85. The number of amides is 2. The van der Waals surface area contributed by atoms with Crippen molar-refractivity contribution in [2.45, 2.75) is 44.2 Å². The SMILES string of the molecule is COc1ccc(C(CC[NH+]2CCC(CNC(=O)n3c(=O)n(C4CC4)c4ccccc43)CC2)NC(=O)[O-])cc1. The molecule has 2 aliphatic rings. The van der Waals surface area contributed by atoms with Gasteiger partial charge in [0.2, 0.25) is 0 Å². The molecular formula is C28H35N5O5. The molecule has 10 heteroatoms. The molecule has 10 nitrogen and oxygen atoms in total. The van der Waals surface area contributed by atoms with Crippen molar-refractivity contribution in [3.63, 3.8) is 0 Å². The lowest BCUT2D eigenvalue weighted by Crippen LogP contribution is -3.13. The predicted octanol–water partition coefficient (Wildman–Crippen LogP) is 1.06. The molecule has 2 heterocycles. The minimum absolute atomic E-state index is 0.194. The molecule has 202 valence electrons. The van der Waals surface area contributed by atoms with Gasteiger partial charge in [-0.2, -0.15) is 0 Å². The van der Waals surface area contributed by atoms with Crippen LogP contribution in [0.3, 0.4) is 0 Å². The molecule has 0 radical (unpaired) electrons. The smallest absolute Gasteiger partial charge is 0.337 e. The zero-order valence-electron chi connectivity index (χ0n) is 21.7. The molecule has 0 bridgehead atoms. The van der Waals surface area contributed by atoms with Crippen LogP contribution in [0.5, 0.6) is 5.75 Å². The Labute approximate surface area is 221 Å². The number of para-hydroxylation sites is 2. The summed E-state index contributed by atoms with van der Waals surface area (Å²) in [6.07, 6.45) is 3.23. The van der Waals surface area contributed by atoms with Crippen LogP contribution in [0.25, 0.3) is 11.0 Å². The fourth-order valence-electron chi connectivity index (χ4n) is 5.55. The van der Waals surface area contributed by atoms with E-state index in [2.05, 4.69) is 10.6 Å². The maximum atomic E-state index is 13.0. The summed E-state index contributed by atoms with van der Waals surface area (Å²) in [6.45, 7) is 3.25. The van der Waals surface area contributed by atoms with E-state index in [0.717, 1.165) is 62.1 Å². The number of nitrogens with zero attached hydrogens (tertiary/aromatic N) is 2. The van der Waals surface area contributed by atoms with Crippen LogP contribution in [0.15, 0.2) is 53.3 Å². The number of fused-ring (bicyclic) bond motifs is 1. The summed E-state index contributed by atoms with van der Waals surface area (Å²) in [5, 5.41) is 16.8. The highest BCUT2D eigenvalue weighted by Crippen LogP contribution is 2.36. The molecule has 3 N–H and O–H groups in total. The molecule has 38 heavy (non-hydrogen) atoms. The number of methoxy groups -OCH3 is 1. The molecule has 1 atom stereocenters. The van der Waals surface area contributed by atoms with Crippen molar-refractivity contribution < 1.29 is 24.3 Å².